The van der Waals surface area contributed by atoms with Crippen molar-refractivity contribution in [1.29, 1.82) is 0 Å². The first kappa shape index (κ1) is 21.1. The molecule has 1 aromatic heterocycles. The lowest BCUT2D eigenvalue weighted by molar-refractivity contribution is -0.118. The van der Waals surface area contributed by atoms with Gasteiger partial charge in [0.2, 0.25) is 5.78 Å². The predicted molar refractivity (Wildman–Crippen MR) is 118 cm³/mol. The van der Waals surface area contributed by atoms with Gasteiger partial charge in [-0.1, -0.05) is 24.3 Å². The first-order valence-electron chi connectivity index (χ1n) is 9.85. The van der Waals surface area contributed by atoms with Crippen LogP contribution in [0.2, 0.25) is 0 Å². The van der Waals surface area contributed by atoms with Gasteiger partial charge in [0.05, 0.1) is 12.8 Å². The molecule has 162 valence electrons. The summed E-state index contributed by atoms with van der Waals surface area (Å²) in [4.78, 5) is 25.7. The van der Waals surface area contributed by atoms with Crippen LogP contribution in [0.15, 0.2) is 71.1 Å². The summed E-state index contributed by atoms with van der Waals surface area (Å²) in [7, 11) is 1.56. The molecule has 0 radical (unpaired) electrons. The van der Waals surface area contributed by atoms with Gasteiger partial charge in [0.1, 0.15) is 22.9 Å². The summed E-state index contributed by atoms with van der Waals surface area (Å²) in [6, 6.07) is 17.9. The lowest BCUT2D eigenvalue weighted by atomic mass is 10.0. The van der Waals surface area contributed by atoms with Crippen LogP contribution in [-0.4, -0.2) is 25.4 Å². The summed E-state index contributed by atoms with van der Waals surface area (Å²) in [6.07, 6.45) is 0. The molecule has 1 amide bonds. The van der Waals surface area contributed by atoms with Gasteiger partial charge < -0.3 is 19.2 Å². The molecule has 3 aromatic carbocycles. The summed E-state index contributed by atoms with van der Waals surface area (Å²) in [5.41, 5.74) is 1.19. The normalized spacial score (nSPS) is 10.7. The average molecular weight is 433 g/mol. The minimum absolute atomic E-state index is 0.0766. The van der Waals surface area contributed by atoms with Gasteiger partial charge >= 0.3 is 0 Å². The highest BCUT2D eigenvalue weighted by Crippen LogP contribution is 2.32. The van der Waals surface area contributed by atoms with Crippen molar-refractivity contribution in [1.82, 2.24) is 0 Å². The fourth-order valence-corrected chi connectivity index (χ4v) is 3.19. The predicted octanol–water partition coefficient (Wildman–Crippen LogP) is 5.14. The Labute approximate surface area is 183 Å². The number of anilines is 1. The standard InChI is InChI=1S/C25H20FNO5/c1-15-7-8-16(13-20(15)26)24(29)25-23(19-5-3-4-6-21(19)32-25)27-22(28)14-31-18-11-9-17(30-2)10-12-18/h3-13H,14H2,1-2H3,(H,27,28). The minimum Gasteiger partial charge on any atom is -0.497 e. The third-order valence-corrected chi connectivity index (χ3v) is 4.93. The molecule has 4 aromatic rings. The summed E-state index contributed by atoms with van der Waals surface area (Å²) < 4.78 is 30.3. The first-order valence-corrected chi connectivity index (χ1v) is 9.85. The van der Waals surface area contributed by atoms with Gasteiger partial charge in [-0.2, -0.15) is 0 Å². The Morgan fingerprint density at radius 1 is 1.00 bits per heavy atom. The molecule has 0 aliphatic rings. The molecular weight excluding hydrogens is 413 g/mol. The molecule has 1 N–H and O–H groups in total. The molecule has 1 heterocycles. The van der Waals surface area contributed by atoms with E-state index in [4.69, 9.17) is 13.9 Å². The fraction of sp³-hybridized carbons (Fsp3) is 0.120. The summed E-state index contributed by atoms with van der Waals surface area (Å²) in [5, 5.41) is 3.26. The van der Waals surface area contributed by atoms with E-state index < -0.39 is 17.5 Å². The molecule has 0 bridgehead atoms. The number of rotatable bonds is 7. The van der Waals surface area contributed by atoms with Crippen LogP contribution >= 0.6 is 0 Å². The van der Waals surface area contributed by atoms with E-state index in [1.54, 1.807) is 62.6 Å². The number of hydrogen-bond donors (Lipinski definition) is 1. The second kappa shape index (κ2) is 8.93. The highest BCUT2D eigenvalue weighted by Gasteiger charge is 2.24. The number of carbonyl (C=O) groups is 2. The number of aryl methyl sites for hydroxylation is 1. The number of furan rings is 1. The van der Waals surface area contributed by atoms with E-state index in [1.165, 1.54) is 12.1 Å². The smallest absolute Gasteiger partial charge is 0.262 e. The van der Waals surface area contributed by atoms with Crippen molar-refractivity contribution >= 4 is 28.3 Å². The number of benzene rings is 3. The Morgan fingerprint density at radius 3 is 2.44 bits per heavy atom. The molecule has 4 rings (SSSR count). The fourth-order valence-electron chi connectivity index (χ4n) is 3.19. The monoisotopic (exact) mass is 433 g/mol. The molecule has 0 fully saturated rings. The molecule has 0 spiro atoms. The second-order valence-electron chi connectivity index (χ2n) is 7.11. The number of para-hydroxylation sites is 1. The zero-order chi connectivity index (χ0) is 22.7. The Kier molecular flexibility index (Phi) is 5.89. The van der Waals surface area contributed by atoms with Gasteiger partial charge in [0.25, 0.3) is 5.91 Å². The van der Waals surface area contributed by atoms with E-state index in [1.807, 2.05) is 0 Å². The Bertz CT molecular complexity index is 1290. The lowest BCUT2D eigenvalue weighted by Crippen LogP contribution is -2.21. The highest BCUT2D eigenvalue weighted by molar-refractivity contribution is 6.17. The molecule has 0 unspecified atom stereocenters. The van der Waals surface area contributed by atoms with Crippen molar-refractivity contribution in [3.05, 3.63) is 89.4 Å². The molecule has 0 saturated heterocycles. The molecule has 0 atom stereocenters. The van der Waals surface area contributed by atoms with Crippen molar-refractivity contribution in [2.24, 2.45) is 0 Å². The Balaban J connectivity index is 1.58. The molecule has 6 nitrogen and oxygen atoms in total. The van der Waals surface area contributed by atoms with Gasteiger partial charge in [0, 0.05) is 10.9 Å². The zero-order valence-electron chi connectivity index (χ0n) is 17.5. The van der Waals surface area contributed by atoms with Crippen molar-refractivity contribution in [3.63, 3.8) is 0 Å². The average Bonchev–Trinajstić information content (AvgIpc) is 3.17. The van der Waals surface area contributed by atoms with E-state index in [0.29, 0.717) is 28.0 Å². The minimum atomic E-state index is -0.536. The third kappa shape index (κ3) is 4.32. The van der Waals surface area contributed by atoms with E-state index in [2.05, 4.69) is 5.32 Å². The molecule has 0 aliphatic carbocycles. The van der Waals surface area contributed by atoms with Gasteiger partial charge in [-0.25, -0.2) is 4.39 Å². The number of ether oxygens (including phenoxy) is 2. The van der Waals surface area contributed by atoms with Gasteiger partial charge in [-0.15, -0.1) is 0 Å². The maximum absolute atomic E-state index is 14.0. The largest absolute Gasteiger partial charge is 0.497 e. The number of carbonyl (C=O) groups excluding carboxylic acids is 2. The number of fused-ring (bicyclic) bond motifs is 1. The van der Waals surface area contributed by atoms with E-state index >= 15 is 0 Å². The van der Waals surface area contributed by atoms with Gasteiger partial charge in [-0.3, -0.25) is 9.59 Å². The first-order chi connectivity index (χ1) is 15.5. The van der Waals surface area contributed by atoms with Crippen LogP contribution in [0, 0.1) is 12.7 Å². The third-order valence-electron chi connectivity index (χ3n) is 4.93. The van der Waals surface area contributed by atoms with Crippen molar-refractivity contribution < 1.29 is 27.9 Å². The Hall–Kier alpha value is -4.13. The van der Waals surface area contributed by atoms with E-state index in [9.17, 15) is 14.0 Å². The number of ketones is 1. The second-order valence-corrected chi connectivity index (χ2v) is 7.11. The van der Waals surface area contributed by atoms with Crippen LogP contribution in [0.25, 0.3) is 11.0 Å². The number of nitrogens with one attached hydrogen (secondary N) is 1. The highest BCUT2D eigenvalue weighted by atomic mass is 19.1. The number of amides is 1. The van der Waals surface area contributed by atoms with Crippen molar-refractivity contribution in [2.75, 3.05) is 19.0 Å². The maximum atomic E-state index is 14.0. The Morgan fingerprint density at radius 2 is 1.72 bits per heavy atom. The summed E-state index contributed by atoms with van der Waals surface area (Å²) in [6.45, 7) is 1.33. The maximum Gasteiger partial charge on any atom is 0.262 e. The van der Waals surface area contributed by atoms with Crippen LogP contribution in [0.4, 0.5) is 10.1 Å². The quantitative estimate of drug-likeness (QED) is 0.409. The van der Waals surface area contributed by atoms with Crippen LogP contribution < -0.4 is 14.8 Å². The molecule has 0 aliphatic heterocycles. The summed E-state index contributed by atoms with van der Waals surface area (Å²) in [5.74, 6) is -0.424. The van der Waals surface area contributed by atoms with E-state index in [0.717, 1.165) is 6.07 Å². The molecular formula is C25H20FNO5. The number of halogens is 1. The lowest BCUT2D eigenvalue weighted by Gasteiger charge is -2.09. The van der Waals surface area contributed by atoms with Crippen molar-refractivity contribution in [2.45, 2.75) is 6.92 Å². The summed E-state index contributed by atoms with van der Waals surface area (Å²) >= 11 is 0. The van der Waals surface area contributed by atoms with Crippen LogP contribution in [0.1, 0.15) is 21.7 Å². The van der Waals surface area contributed by atoms with Crippen LogP contribution in [-0.2, 0) is 4.79 Å². The topological polar surface area (TPSA) is 77.8 Å². The van der Waals surface area contributed by atoms with Crippen LogP contribution in [0.3, 0.4) is 0 Å². The zero-order valence-corrected chi connectivity index (χ0v) is 17.5. The van der Waals surface area contributed by atoms with E-state index in [-0.39, 0.29) is 23.6 Å². The number of hydrogen-bond acceptors (Lipinski definition) is 5. The molecule has 32 heavy (non-hydrogen) atoms. The SMILES string of the molecule is COc1ccc(OCC(=O)Nc2c(C(=O)c3ccc(C)c(F)c3)oc3ccccc23)cc1. The van der Waals surface area contributed by atoms with Gasteiger partial charge in [-0.05, 0) is 55.0 Å². The van der Waals surface area contributed by atoms with Gasteiger partial charge in [0.15, 0.2) is 12.4 Å². The van der Waals surface area contributed by atoms with Crippen molar-refractivity contribution in [3.8, 4) is 11.5 Å². The van der Waals surface area contributed by atoms with Crippen LogP contribution in [0.5, 0.6) is 11.5 Å². The number of methoxy groups -OCH3 is 1. The molecule has 0 saturated carbocycles. The molecule has 7 heteroatoms.